The van der Waals surface area contributed by atoms with Gasteiger partial charge in [-0.25, -0.2) is 4.68 Å². The molecule has 2 rings (SSSR count). The number of anilines is 1. The van der Waals surface area contributed by atoms with E-state index in [1.807, 2.05) is 0 Å². The van der Waals surface area contributed by atoms with Crippen molar-refractivity contribution in [1.82, 2.24) is 9.78 Å². The third-order valence-corrected chi connectivity index (χ3v) is 5.18. The first-order valence-corrected chi connectivity index (χ1v) is 8.55. The number of halogens is 1. The van der Waals surface area contributed by atoms with Gasteiger partial charge in [0, 0.05) is 6.54 Å². The first-order valence-electron chi connectivity index (χ1n) is 7.76. The van der Waals surface area contributed by atoms with E-state index in [1.165, 1.54) is 36.8 Å². The van der Waals surface area contributed by atoms with Gasteiger partial charge in [-0.05, 0) is 40.6 Å². The van der Waals surface area contributed by atoms with Crippen LogP contribution in [-0.2, 0) is 6.54 Å². The molecule has 1 aliphatic carbocycles. The van der Waals surface area contributed by atoms with Gasteiger partial charge in [-0.15, -0.1) is 6.58 Å². The smallest absolute Gasteiger partial charge is 0.283 e. The van der Waals surface area contributed by atoms with E-state index in [2.05, 4.69) is 39.8 Å². The van der Waals surface area contributed by atoms with Gasteiger partial charge in [0.1, 0.15) is 4.47 Å². The van der Waals surface area contributed by atoms with E-state index < -0.39 is 0 Å². The standard InChI is InChI=1S/C16H24BrN3O/c1-3-9-20-16(21)15(17)14(11-19-20)18-10-13-7-5-12(4-2)6-8-13/h3,11-13,18H,1,4-10H2,2H3. The van der Waals surface area contributed by atoms with Crippen LogP contribution in [-0.4, -0.2) is 16.3 Å². The average Bonchev–Trinajstić information content (AvgIpc) is 2.52. The molecule has 1 saturated carbocycles. The molecule has 0 radical (unpaired) electrons. The predicted octanol–water partition coefficient (Wildman–Crippen LogP) is 3.82. The number of hydrogen-bond acceptors (Lipinski definition) is 3. The largest absolute Gasteiger partial charge is 0.382 e. The summed E-state index contributed by atoms with van der Waals surface area (Å²) in [4.78, 5) is 12.1. The lowest BCUT2D eigenvalue weighted by Crippen LogP contribution is -2.26. The number of hydrogen-bond donors (Lipinski definition) is 1. The highest BCUT2D eigenvalue weighted by Crippen LogP contribution is 2.31. The molecule has 1 heterocycles. The maximum Gasteiger partial charge on any atom is 0.283 e. The van der Waals surface area contributed by atoms with Gasteiger partial charge in [-0.3, -0.25) is 4.79 Å². The van der Waals surface area contributed by atoms with Gasteiger partial charge in [0.25, 0.3) is 5.56 Å². The Morgan fingerprint density at radius 2 is 2.10 bits per heavy atom. The SMILES string of the molecule is C=CCn1ncc(NCC2CCC(CC)CC2)c(Br)c1=O. The number of aromatic nitrogens is 2. The molecule has 0 spiro atoms. The van der Waals surface area contributed by atoms with E-state index in [4.69, 9.17) is 0 Å². The van der Waals surface area contributed by atoms with Crippen LogP contribution in [0, 0.1) is 11.8 Å². The number of allylic oxidation sites excluding steroid dienone is 1. The van der Waals surface area contributed by atoms with E-state index in [0.717, 1.165) is 18.2 Å². The van der Waals surface area contributed by atoms with Crippen LogP contribution in [0.2, 0.25) is 0 Å². The van der Waals surface area contributed by atoms with Crippen LogP contribution in [0.15, 0.2) is 28.1 Å². The zero-order valence-electron chi connectivity index (χ0n) is 12.6. The van der Waals surface area contributed by atoms with E-state index in [0.29, 0.717) is 16.9 Å². The lowest BCUT2D eigenvalue weighted by molar-refractivity contribution is 0.278. The highest BCUT2D eigenvalue weighted by atomic mass is 79.9. The molecule has 0 aromatic carbocycles. The summed E-state index contributed by atoms with van der Waals surface area (Å²) in [7, 11) is 0. The Hall–Kier alpha value is -1.10. The third-order valence-electron chi connectivity index (χ3n) is 4.41. The molecule has 1 fully saturated rings. The van der Waals surface area contributed by atoms with Crippen molar-refractivity contribution in [1.29, 1.82) is 0 Å². The van der Waals surface area contributed by atoms with Crippen LogP contribution in [0.5, 0.6) is 0 Å². The molecule has 1 aliphatic rings. The lowest BCUT2D eigenvalue weighted by atomic mass is 9.81. The molecule has 0 aliphatic heterocycles. The van der Waals surface area contributed by atoms with Crippen LogP contribution in [0.25, 0.3) is 0 Å². The number of nitrogens with one attached hydrogen (secondary N) is 1. The molecule has 21 heavy (non-hydrogen) atoms. The Bertz CT molecular complexity index is 533. The number of rotatable bonds is 6. The maximum absolute atomic E-state index is 12.1. The summed E-state index contributed by atoms with van der Waals surface area (Å²) >= 11 is 3.38. The van der Waals surface area contributed by atoms with Crippen LogP contribution < -0.4 is 10.9 Å². The molecule has 4 nitrogen and oxygen atoms in total. The van der Waals surface area contributed by atoms with Crippen molar-refractivity contribution in [2.45, 2.75) is 45.6 Å². The molecule has 116 valence electrons. The fraction of sp³-hybridized carbons (Fsp3) is 0.625. The number of nitrogens with zero attached hydrogens (tertiary/aromatic N) is 2. The van der Waals surface area contributed by atoms with Crippen molar-refractivity contribution in [3.8, 4) is 0 Å². The molecule has 0 amide bonds. The highest BCUT2D eigenvalue weighted by molar-refractivity contribution is 9.10. The first kappa shape index (κ1) is 16.3. The Kier molecular flexibility index (Phi) is 6.03. The van der Waals surface area contributed by atoms with Crippen molar-refractivity contribution in [2.24, 2.45) is 11.8 Å². The second-order valence-corrected chi connectivity index (χ2v) is 6.62. The van der Waals surface area contributed by atoms with Gasteiger partial charge < -0.3 is 5.32 Å². The van der Waals surface area contributed by atoms with Gasteiger partial charge in [-0.1, -0.05) is 32.3 Å². The van der Waals surface area contributed by atoms with Gasteiger partial charge in [0.05, 0.1) is 18.4 Å². The summed E-state index contributed by atoms with van der Waals surface area (Å²) < 4.78 is 1.95. The topological polar surface area (TPSA) is 46.9 Å². The normalized spacial score (nSPS) is 22.0. The molecule has 0 saturated heterocycles. The lowest BCUT2D eigenvalue weighted by Gasteiger charge is -2.28. The Balaban J connectivity index is 1.93. The molecule has 1 N–H and O–H groups in total. The second kappa shape index (κ2) is 7.78. The third kappa shape index (κ3) is 4.19. The summed E-state index contributed by atoms with van der Waals surface area (Å²) in [5.41, 5.74) is 0.674. The summed E-state index contributed by atoms with van der Waals surface area (Å²) in [5, 5.41) is 7.54. The molecule has 0 atom stereocenters. The van der Waals surface area contributed by atoms with Crippen molar-refractivity contribution >= 4 is 21.6 Å². The van der Waals surface area contributed by atoms with E-state index >= 15 is 0 Å². The minimum absolute atomic E-state index is 0.116. The Morgan fingerprint density at radius 1 is 1.43 bits per heavy atom. The molecule has 0 bridgehead atoms. The van der Waals surface area contributed by atoms with E-state index in [-0.39, 0.29) is 5.56 Å². The Morgan fingerprint density at radius 3 is 2.71 bits per heavy atom. The van der Waals surface area contributed by atoms with Gasteiger partial charge in [0.2, 0.25) is 0 Å². The zero-order chi connectivity index (χ0) is 15.2. The minimum Gasteiger partial charge on any atom is -0.382 e. The van der Waals surface area contributed by atoms with Gasteiger partial charge >= 0.3 is 0 Å². The first-order chi connectivity index (χ1) is 10.2. The summed E-state index contributed by atoms with van der Waals surface area (Å²) in [6, 6.07) is 0. The van der Waals surface area contributed by atoms with Crippen molar-refractivity contribution in [3.05, 3.63) is 33.7 Å². The molecular weight excluding hydrogens is 330 g/mol. The van der Waals surface area contributed by atoms with Crippen LogP contribution >= 0.6 is 15.9 Å². The fourth-order valence-electron chi connectivity index (χ4n) is 2.94. The monoisotopic (exact) mass is 353 g/mol. The maximum atomic E-state index is 12.1. The zero-order valence-corrected chi connectivity index (χ0v) is 14.2. The van der Waals surface area contributed by atoms with Crippen LogP contribution in [0.3, 0.4) is 0 Å². The minimum atomic E-state index is -0.116. The molecule has 5 heteroatoms. The van der Waals surface area contributed by atoms with Crippen LogP contribution in [0.1, 0.15) is 39.0 Å². The van der Waals surface area contributed by atoms with Crippen molar-refractivity contribution < 1.29 is 0 Å². The summed E-state index contributed by atoms with van der Waals surface area (Å²) in [5.74, 6) is 1.62. The van der Waals surface area contributed by atoms with Gasteiger partial charge in [-0.2, -0.15) is 5.10 Å². The van der Waals surface area contributed by atoms with Crippen LogP contribution in [0.4, 0.5) is 5.69 Å². The summed E-state index contributed by atoms with van der Waals surface area (Å²) in [6.45, 7) is 7.26. The molecule has 1 aromatic heterocycles. The van der Waals surface area contributed by atoms with E-state index in [9.17, 15) is 4.79 Å². The highest BCUT2D eigenvalue weighted by Gasteiger charge is 2.20. The predicted molar refractivity (Wildman–Crippen MR) is 90.6 cm³/mol. The second-order valence-electron chi connectivity index (χ2n) is 5.82. The fourth-order valence-corrected chi connectivity index (χ4v) is 3.39. The van der Waals surface area contributed by atoms with Gasteiger partial charge in [0.15, 0.2) is 0 Å². The molecule has 1 aromatic rings. The average molecular weight is 354 g/mol. The Labute approximate surface area is 134 Å². The quantitative estimate of drug-likeness (QED) is 0.790. The van der Waals surface area contributed by atoms with Crippen molar-refractivity contribution in [3.63, 3.8) is 0 Å². The molecular formula is C16H24BrN3O. The summed E-state index contributed by atoms with van der Waals surface area (Å²) in [6.07, 6.45) is 9.92. The van der Waals surface area contributed by atoms with E-state index in [1.54, 1.807) is 12.3 Å². The molecule has 0 unspecified atom stereocenters. The van der Waals surface area contributed by atoms with Crippen molar-refractivity contribution in [2.75, 3.05) is 11.9 Å².